The van der Waals surface area contributed by atoms with Crippen molar-refractivity contribution in [2.24, 2.45) is 0 Å². The summed E-state index contributed by atoms with van der Waals surface area (Å²) in [7, 11) is 0. The summed E-state index contributed by atoms with van der Waals surface area (Å²) in [6, 6.07) is 5.73. The van der Waals surface area contributed by atoms with Crippen molar-refractivity contribution < 1.29 is 9.67 Å². The van der Waals surface area contributed by atoms with E-state index in [1.54, 1.807) is 0 Å². The van der Waals surface area contributed by atoms with Gasteiger partial charge < -0.3 is 5.11 Å². The van der Waals surface area contributed by atoms with Gasteiger partial charge in [0, 0.05) is 12.1 Å². The van der Waals surface area contributed by atoms with Crippen LogP contribution in [0.15, 0.2) is 39.4 Å². The molecule has 2 nitrogen and oxygen atoms in total. The van der Waals surface area contributed by atoms with Gasteiger partial charge in [0.2, 0.25) is 11.5 Å². The smallest absolute Gasteiger partial charge is 0.248 e. The number of hydrogen-bond donors (Lipinski definition) is 1. The second-order valence-corrected chi connectivity index (χ2v) is 4.87. The van der Waals surface area contributed by atoms with Crippen LogP contribution in [0, 0.1) is 0 Å². The third-order valence-corrected chi connectivity index (χ3v) is 3.10. The zero-order valence-electron chi connectivity index (χ0n) is 7.24. The molecule has 0 aromatic carbocycles. The summed E-state index contributed by atoms with van der Waals surface area (Å²) in [6.45, 7) is 0.731. The highest BCUT2D eigenvalue weighted by Gasteiger charge is 2.20. The fraction of sp³-hybridized carbons (Fsp3) is 0.100. The number of nitrogens with zero attached hydrogens (tertiary/aromatic N) is 1. The zero-order valence-corrected chi connectivity index (χ0v) is 10.4. The predicted molar refractivity (Wildman–Crippen MR) is 62.1 cm³/mol. The Bertz CT molecular complexity index is 438. The van der Waals surface area contributed by atoms with Crippen LogP contribution in [0.3, 0.4) is 0 Å². The van der Waals surface area contributed by atoms with E-state index in [0.717, 1.165) is 16.7 Å². The molecule has 14 heavy (non-hydrogen) atoms. The normalized spacial score (nSPS) is 16.0. The molecule has 2 heterocycles. The third kappa shape index (κ3) is 1.77. The summed E-state index contributed by atoms with van der Waals surface area (Å²) in [5.41, 5.74) is 0.810. The molecule has 72 valence electrons. The van der Waals surface area contributed by atoms with E-state index >= 15 is 0 Å². The Morgan fingerprint density at radius 3 is 2.86 bits per heavy atom. The van der Waals surface area contributed by atoms with Crippen molar-refractivity contribution in [2.75, 3.05) is 0 Å². The van der Waals surface area contributed by atoms with Crippen molar-refractivity contribution in [3.8, 4) is 0 Å². The van der Waals surface area contributed by atoms with Crippen molar-refractivity contribution in [1.82, 2.24) is 0 Å². The fourth-order valence-corrected chi connectivity index (χ4v) is 2.65. The minimum absolute atomic E-state index is 0.264. The number of aliphatic hydroxyl groups is 1. The number of allylic oxidation sites excluding steroid dienone is 3. The highest BCUT2D eigenvalue weighted by Crippen LogP contribution is 2.24. The van der Waals surface area contributed by atoms with Gasteiger partial charge in [-0.3, -0.25) is 0 Å². The van der Waals surface area contributed by atoms with Gasteiger partial charge >= 0.3 is 0 Å². The number of pyridine rings is 1. The molecule has 0 saturated heterocycles. The Labute approximate surface area is 98.8 Å². The summed E-state index contributed by atoms with van der Waals surface area (Å²) in [5.74, 6) is 0.264. The van der Waals surface area contributed by atoms with Crippen molar-refractivity contribution in [2.45, 2.75) is 6.54 Å². The Hall–Kier alpha value is -0.610. The van der Waals surface area contributed by atoms with E-state index in [-0.39, 0.29) is 5.76 Å². The number of halogens is 2. The highest BCUT2D eigenvalue weighted by molar-refractivity contribution is 9.12. The second-order valence-electron chi connectivity index (χ2n) is 3.00. The molecular weight excluding hydrogens is 310 g/mol. The summed E-state index contributed by atoms with van der Waals surface area (Å²) in [4.78, 5) is 0. The van der Waals surface area contributed by atoms with Crippen LogP contribution in [0.2, 0.25) is 0 Å². The van der Waals surface area contributed by atoms with E-state index in [1.165, 1.54) is 0 Å². The average Bonchev–Trinajstić information content (AvgIpc) is 2.26. The van der Waals surface area contributed by atoms with Gasteiger partial charge in [-0.2, -0.15) is 4.57 Å². The molecule has 2 rings (SSSR count). The Kier molecular flexibility index (Phi) is 2.74. The van der Waals surface area contributed by atoms with E-state index < -0.39 is 0 Å². The van der Waals surface area contributed by atoms with Crippen LogP contribution in [-0.4, -0.2) is 5.11 Å². The molecule has 0 amide bonds. The third-order valence-electron chi connectivity index (χ3n) is 2.01. The SMILES string of the molecule is OC1=C(Br)C=C(Br)C[n+]2ccccc21. The van der Waals surface area contributed by atoms with E-state index in [9.17, 15) is 5.11 Å². The van der Waals surface area contributed by atoms with Gasteiger partial charge in [0.05, 0.1) is 8.96 Å². The number of fused-ring (bicyclic) bond motifs is 1. The lowest BCUT2D eigenvalue weighted by Crippen LogP contribution is -2.37. The first-order chi connectivity index (χ1) is 6.68. The fourth-order valence-electron chi connectivity index (χ4n) is 1.37. The van der Waals surface area contributed by atoms with Crippen LogP contribution < -0.4 is 4.57 Å². The van der Waals surface area contributed by atoms with Gasteiger partial charge in [0.1, 0.15) is 0 Å². The molecule has 0 spiro atoms. The second kappa shape index (κ2) is 3.87. The maximum Gasteiger partial charge on any atom is 0.248 e. The van der Waals surface area contributed by atoms with Crippen LogP contribution in [0.25, 0.3) is 5.76 Å². The summed E-state index contributed by atoms with van der Waals surface area (Å²) >= 11 is 6.76. The lowest BCUT2D eigenvalue weighted by Gasteiger charge is -1.99. The van der Waals surface area contributed by atoms with E-state index in [0.29, 0.717) is 4.48 Å². The number of hydrogen-bond acceptors (Lipinski definition) is 1. The number of aromatic nitrogens is 1. The molecule has 0 bridgehead atoms. The van der Waals surface area contributed by atoms with Crippen LogP contribution in [0.5, 0.6) is 0 Å². The van der Waals surface area contributed by atoms with Gasteiger partial charge in [-0.15, -0.1) is 0 Å². The summed E-state index contributed by atoms with van der Waals surface area (Å²) in [5, 5.41) is 9.87. The molecule has 0 radical (unpaired) electrons. The molecule has 0 fully saturated rings. The lowest BCUT2D eigenvalue weighted by molar-refractivity contribution is -0.690. The van der Waals surface area contributed by atoms with Gasteiger partial charge in [0.15, 0.2) is 12.7 Å². The first-order valence-electron chi connectivity index (χ1n) is 4.12. The number of aliphatic hydroxyl groups excluding tert-OH is 1. The lowest BCUT2D eigenvalue weighted by atomic mass is 10.3. The van der Waals surface area contributed by atoms with Gasteiger partial charge in [-0.25, -0.2) is 0 Å². The molecule has 0 unspecified atom stereocenters. The van der Waals surface area contributed by atoms with Gasteiger partial charge in [-0.05, 0) is 44.0 Å². The molecule has 0 aliphatic carbocycles. The average molecular weight is 318 g/mol. The Balaban J connectivity index is 2.65. The number of rotatable bonds is 0. The van der Waals surface area contributed by atoms with E-state index in [1.807, 2.05) is 35.0 Å². The molecule has 1 aliphatic rings. The molecule has 4 heteroatoms. The maximum absolute atomic E-state index is 9.87. The topological polar surface area (TPSA) is 24.1 Å². The van der Waals surface area contributed by atoms with E-state index in [2.05, 4.69) is 31.9 Å². The Morgan fingerprint density at radius 1 is 1.29 bits per heavy atom. The van der Waals surface area contributed by atoms with Crippen molar-refractivity contribution in [1.29, 1.82) is 0 Å². The van der Waals surface area contributed by atoms with Crippen LogP contribution in [-0.2, 0) is 6.54 Å². The molecule has 1 aromatic heterocycles. The van der Waals surface area contributed by atoms with Crippen molar-refractivity contribution in [3.63, 3.8) is 0 Å². The first-order valence-corrected chi connectivity index (χ1v) is 5.71. The van der Waals surface area contributed by atoms with E-state index in [4.69, 9.17) is 0 Å². The maximum atomic E-state index is 9.87. The van der Waals surface area contributed by atoms with Gasteiger partial charge in [0.25, 0.3) is 0 Å². The molecule has 1 aromatic rings. The van der Waals surface area contributed by atoms with Crippen molar-refractivity contribution in [3.05, 3.63) is 45.1 Å². The monoisotopic (exact) mass is 316 g/mol. The van der Waals surface area contributed by atoms with Crippen LogP contribution in [0.4, 0.5) is 0 Å². The highest BCUT2D eigenvalue weighted by atomic mass is 79.9. The largest absolute Gasteiger partial charge is 0.501 e. The quantitative estimate of drug-likeness (QED) is 0.731. The summed E-state index contributed by atoms with van der Waals surface area (Å²) < 4.78 is 3.69. The Morgan fingerprint density at radius 2 is 2.07 bits per heavy atom. The zero-order chi connectivity index (χ0) is 10.1. The molecule has 1 aliphatic heterocycles. The predicted octanol–water partition coefficient (Wildman–Crippen LogP) is 2.89. The van der Waals surface area contributed by atoms with Crippen LogP contribution in [0.1, 0.15) is 5.69 Å². The van der Waals surface area contributed by atoms with Crippen molar-refractivity contribution >= 4 is 37.6 Å². The molecule has 0 atom stereocenters. The molecular formula is C10H8Br2NO+. The first kappa shape index (κ1) is 9.93. The minimum Gasteiger partial charge on any atom is -0.501 e. The van der Waals surface area contributed by atoms with Gasteiger partial charge in [-0.1, -0.05) is 0 Å². The standard InChI is InChI=1S/C10H7Br2NO/c11-7-5-8(12)10(14)9-3-1-2-4-13(9)6-7/h1-5H,6H2/p+1. The van der Waals surface area contributed by atoms with Crippen LogP contribution >= 0.6 is 31.9 Å². The minimum atomic E-state index is 0.264. The summed E-state index contributed by atoms with van der Waals surface area (Å²) in [6.07, 6.45) is 3.80. The molecule has 1 N–H and O–H groups in total. The molecule has 0 saturated carbocycles.